The Hall–Kier alpha value is -2.41. The average Bonchev–Trinajstić information content (AvgIpc) is 2.97. The lowest BCUT2D eigenvalue weighted by Gasteiger charge is -2.34. The molecule has 3 aromatic rings. The minimum absolute atomic E-state index is 0.00593. The van der Waals surface area contributed by atoms with Crippen LogP contribution in [0.5, 0.6) is 0 Å². The van der Waals surface area contributed by atoms with Crippen LogP contribution in [0.4, 0.5) is 5.95 Å². The van der Waals surface area contributed by atoms with Crippen LogP contribution in [0.2, 0.25) is 0 Å². The van der Waals surface area contributed by atoms with Gasteiger partial charge in [0.2, 0.25) is 5.95 Å². The van der Waals surface area contributed by atoms with Crippen molar-refractivity contribution in [1.82, 2.24) is 14.9 Å². The molecule has 6 heteroatoms. The number of aromatic nitrogens is 2. The van der Waals surface area contributed by atoms with Crippen LogP contribution in [-0.4, -0.2) is 54.2 Å². The number of nitrogens with zero attached hydrogens (tertiary/aromatic N) is 4. The van der Waals surface area contributed by atoms with E-state index in [4.69, 9.17) is 4.74 Å². The predicted octanol–water partition coefficient (Wildman–Crippen LogP) is 4.01. The second-order valence-electron chi connectivity index (χ2n) is 7.65. The van der Waals surface area contributed by atoms with Crippen LogP contribution in [0.15, 0.2) is 71.9 Å². The van der Waals surface area contributed by atoms with Crippen LogP contribution in [0.1, 0.15) is 22.8 Å². The number of hydrogen-bond donors (Lipinski definition) is 0. The van der Waals surface area contributed by atoms with Crippen molar-refractivity contribution in [2.45, 2.75) is 16.8 Å². The maximum Gasteiger partial charge on any atom is 0.225 e. The van der Waals surface area contributed by atoms with Gasteiger partial charge in [-0.2, -0.15) is 0 Å². The summed E-state index contributed by atoms with van der Waals surface area (Å²) in [7, 11) is 0. The molecule has 0 spiro atoms. The minimum Gasteiger partial charge on any atom is -0.367 e. The molecule has 1 saturated heterocycles. The van der Waals surface area contributed by atoms with Crippen LogP contribution < -0.4 is 4.90 Å². The lowest BCUT2D eigenvalue weighted by molar-refractivity contribution is 0.0571. The number of piperazine rings is 1. The number of anilines is 1. The first kappa shape index (κ1) is 19.5. The zero-order valence-electron chi connectivity index (χ0n) is 17.0. The molecule has 1 unspecified atom stereocenters. The van der Waals surface area contributed by atoms with E-state index < -0.39 is 0 Å². The summed E-state index contributed by atoms with van der Waals surface area (Å²) in [6.45, 7) is 5.59. The molecule has 1 atom stereocenters. The third-order valence-electron chi connectivity index (χ3n) is 5.82. The number of benzene rings is 2. The summed E-state index contributed by atoms with van der Waals surface area (Å²) in [5.74, 6) is 1.83. The summed E-state index contributed by atoms with van der Waals surface area (Å²) in [5, 5.41) is 0. The van der Waals surface area contributed by atoms with E-state index in [-0.39, 0.29) is 6.10 Å². The van der Waals surface area contributed by atoms with Crippen molar-refractivity contribution in [2.75, 3.05) is 44.2 Å². The van der Waals surface area contributed by atoms with Gasteiger partial charge in [0.05, 0.1) is 6.61 Å². The lowest BCUT2D eigenvalue weighted by Crippen LogP contribution is -2.47. The number of thioether (sulfide) groups is 1. The first-order chi connectivity index (χ1) is 14.9. The number of rotatable bonds is 5. The van der Waals surface area contributed by atoms with Crippen molar-refractivity contribution in [2.24, 2.45) is 0 Å². The minimum atomic E-state index is 0.00593. The zero-order chi connectivity index (χ0) is 20.2. The molecular weight excluding hydrogens is 392 g/mol. The molecule has 1 fully saturated rings. The lowest BCUT2D eigenvalue weighted by atomic mass is 9.97. The van der Waals surface area contributed by atoms with Gasteiger partial charge in [-0.3, -0.25) is 4.90 Å². The van der Waals surface area contributed by atoms with Crippen molar-refractivity contribution in [1.29, 1.82) is 0 Å². The quantitative estimate of drug-likeness (QED) is 0.624. The molecule has 0 amide bonds. The van der Waals surface area contributed by atoms with Gasteiger partial charge >= 0.3 is 0 Å². The van der Waals surface area contributed by atoms with E-state index in [2.05, 4.69) is 68.3 Å². The molecule has 0 bridgehead atoms. The summed E-state index contributed by atoms with van der Waals surface area (Å²) in [6, 6.07) is 19.2. The first-order valence-corrected chi connectivity index (χ1v) is 11.5. The highest BCUT2D eigenvalue weighted by Gasteiger charge is 2.25. The molecule has 30 heavy (non-hydrogen) atoms. The van der Waals surface area contributed by atoms with E-state index in [1.54, 1.807) is 0 Å². The topological polar surface area (TPSA) is 41.5 Å². The summed E-state index contributed by atoms with van der Waals surface area (Å²) in [6.07, 6.45) is 3.62. The summed E-state index contributed by atoms with van der Waals surface area (Å²) in [4.78, 5) is 14.8. The second-order valence-corrected chi connectivity index (χ2v) is 8.67. The van der Waals surface area contributed by atoms with Crippen LogP contribution in [0.25, 0.3) is 0 Å². The molecule has 5 rings (SSSR count). The van der Waals surface area contributed by atoms with Gasteiger partial charge in [-0.05, 0) is 28.8 Å². The average molecular weight is 419 g/mol. The van der Waals surface area contributed by atoms with Gasteiger partial charge in [-0.15, -0.1) is 11.8 Å². The van der Waals surface area contributed by atoms with Gasteiger partial charge in [-0.25, -0.2) is 9.97 Å². The molecule has 5 nitrogen and oxygen atoms in total. The fourth-order valence-electron chi connectivity index (χ4n) is 4.18. The standard InChI is InChI=1S/C24H26N4OS/c1-2-7-20-19(6-1)18-30-22-9-4-3-8-21(22)23(20)29-17-16-27-12-14-28(15-13-27)24-25-10-5-11-26-24/h1-11,23H,12-18H2. The summed E-state index contributed by atoms with van der Waals surface area (Å²) >= 11 is 1.91. The molecule has 2 aliphatic heterocycles. The molecule has 2 aromatic carbocycles. The smallest absolute Gasteiger partial charge is 0.225 e. The molecule has 154 valence electrons. The van der Waals surface area contributed by atoms with Gasteiger partial charge in [0.1, 0.15) is 6.10 Å². The van der Waals surface area contributed by atoms with Gasteiger partial charge in [-0.1, -0.05) is 42.5 Å². The van der Waals surface area contributed by atoms with Crippen LogP contribution in [-0.2, 0) is 10.5 Å². The van der Waals surface area contributed by atoms with E-state index >= 15 is 0 Å². The van der Waals surface area contributed by atoms with Crippen molar-refractivity contribution >= 4 is 17.7 Å². The summed E-state index contributed by atoms with van der Waals surface area (Å²) < 4.78 is 6.54. The Morgan fingerprint density at radius 3 is 2.43 bits per heavy atom. The molecule has 3 heterocycles. The molecule has 0 N–H and O–H groups in total. The highest BCUT2D eigenvalue weighted by Crippen LogP contribution is 2.40. The summed E-state index contributed by atoms with van der Waals surface area (Å²) in [5.41, 5.74) is 3.97. The molecule has 0 radical (unpaired) electrons. The fraction of sp³-hybridized carbons (Fsp3) is 0.333. The monoisotopic (exact) mass is 418 g/mol. The van der Waals surface area contributed by atoms with Crippen molar-refractivity contribution in [3.63, 3.8) is 0 Å². The highest BCUT2D eigenvalue weighted by atomic mass is 32.2. The van der Waals surface area contributed by atoms with Gasteiger partial charge in [0.25, 0.3) is 0 Å². The van der Waals surface area contributed by atoms with Gasteiger partial charge in [0.15, 0.2) is 0 Å². The third kappa shape index (κ3) is 4.21. The first-order valence-electron chi connectivity index (χ1n) is 10.5. The SMILES string of the molecule is c1cnc(N2CCN(CCOC3c4ccccc4CSc4ccccc43)CC2)nc1. The largest absolute Gasteiger partial charge is 0.367 e. The van der Waals surface area contributed by atoms with Gasteiger partial charge in [0, 0.05) is 55.8 Å². The number of ether oxygens (including phenoxy) is 1. The Morgan fingerprint density at radius 1 is 0.867 bits per heavy atom. The van der Waals surface area contributed by atoms with E-state index in [1.807, 2.05) is 30.2 Å². The molecule has 1 aromatic heterocycles. The van der Waals surface area contributed by atoms with Crippen molar-refractivity contribution in [3.05, 3.63) is 83.7 Å². The fourth-order valence-corrected chi connectivity index (χ4v) is 5.27. The molecular formula is C24H26N4OS. The van der Waals surface area contributed by atoms with E-state index in [9.17, 15) is 0 Å². The van der Waals surface area contributed by atoms with Gasteiger partial charge < -0.3 is 9.64 Å². The molecule has 2 aliphatic rings. The van der Waals surface area contributed by atoms with Crippen molar-refractivity contribution in [3.8, 4) is 0 Å². The van der Waals surface area contributed by atoms with Crippen LogP contribution >= 0.6 is 11.8 Å². The Kier molecular flexibility index (Phi) is 5.97. The van der Waals surface area contributed by atoms with E-state index in [0.717, 1.165) is 51.0 Å². The predicted molar refractivity (Wildman–Crippen MR) is 121 cm³/mol. The Bertz CT molecular complexity index is 928. The third-order valence-corrected chi connectivity index (χ3v) is 6.96. The number of hydrogen-bond acceptors (Lipinski definition) is 6. The molecule has 0 aliphatic carbocycles. The molecule has 0 saturated carbocycles. The zero-order valence-corrected chi connectivity index (χ0v) is 17.8. The number of fused-ring (bicyclic) bond motifs is 2. The Labute approximate surface area is 182 Å². The second kappa shape index (κ2) is 9.16. The van der Waals surface area contributed by atoms with Crippen molar-refractivity contribution < 1.29 is 4.74 Å². The van der Waals surface area contributed by atoms with Crippen LogP contribution in [0, 0.1) is 0 Å². The Balaban J connectivity index is 1.22. The van der Waals surface area contributed by atoms with E-state index in [0.29, 0.717) is 0 Å². The normalized spacial score (nSPS) is 19.1. The van der Waals surface area contributed by atoms with E-state index in [1.165, 1.54) is 21.6 Å². The maximum atomic E-state index is 6.54. The highest BCUT2D eigenvalue weighted by molar-refractivity contribution is 7.98. The Morgan fingerprint density at radius 2 is 1.60 bits per heavy atom. The maximum absolute atomic E-state index is 6.54. The van der Waals surface area contributed by atoms with Crippen LogP contribution in [0.3, 0.4) is 0 Å².